The SMILES string of the molecule is CCOC1CCCN(c2c(F)cc(C(N)=NO)cc2F)C1. The molecule has 1 aromatic rings. The summed E-state index contributed by atoms with van der Waals surface area (Å²) in [5.41, 5.74) is 5.28. The van der Waals surface area contributed by atoms with E-state index in [4.69, 9.17) is 15.7 Å². The maximum absolute atomic E-state index is 14.2. The number of piperidine rings is 1. The molecule has 3 N–H and O–H groups in total. The molecule has 1 heterocycles. The van der Waals surface area contributed by atoms with E-state index < -0.39 is 11.6 Å². The fourth-order valence-corrected chi connectivity index (χ4v) is 2.59. The van der Waals surface area contributed by atoms with Gasteiger partial charge in [0.1, 0.15) is 17.3 Å². The number of anilines is 1. The molecular formula is C14H19F2N3O2. The molecule has 7 heteroatoms. The fourth-order valence-electron chi connectivity index (χ4n) is 2.59. The molecule has 1 saturated heterocycles. The van der Waals surface area contributed by atoms with Gasteiger partial charge < -0.3 is 20.6 Å². The van der Waals surface area contributed by atoms with Crippen LogP contribution in [0.3, 0.4) is 0 Å². The molecule has 0 aliphatic carbocycles. The Balaban J connectivity index is 2.27. The monoisotopic (exact) mass is 299 g/mol. The van der Waals surface area contributed by atoms with E-state index in [-0.39, 0.29) is 23.2 Å². The number of benzene rings is 1. The average molecular weight is 299 g/mol. The summed E-state index contributed by atoms with van der Waals surface area (Å²) in [4.78, 5) is 1.64. The lowest BCUT2D eigenvalue weighted by atomic mass is 10.1. The van der Waals surface area contributed by atoms with Crippen LogP contribution in [0.25, 0.3) is 0 Å². The highest BCUT2D eigenvalue weighted by molar-refractivity contribution is 5.97. The molecule has 0 bridgehead atoms. The van der Waals surface area contributed by atoms with Crippen molar-refractivity contribution in [3.63, 3.8) is 0 Å². The Morgan fingerprint density at radius 2 is 2.14 bits per heavy atom. The Morgan fingerprint density at radius 1 is 1.48 bits per heavy atom. The van der Waals surface area contributed by atoms with Gasteiger partial charge >= 0.3 is 0 Å². The summed E-state index contributed by atoms with van der Waals surface area (Å²) in [5, 5.41) is 11.3. The van der Waals surface area contributed by atoms with Crippen molar-refractivity contribution in [3.8, 4) is 0 Å². The first kappa shape index (κ1) is 15.5. The number of rotatable bonds is 4. The number of hydrogen-bond acceptors (Lipinski definition) is 4. The predicted molar refractivity (Wildman–Crippen MR) is 75.7 cm³/mol. The second kappa shape index (κ2) is 6.71. The van der Waals surface area contributed by atoms with Gasteiger partial charge in [0, 0.05) is 25.3 Å². The van der Waals surface area contributed by atoms with Gasteiger partial charge in [0.15, 0.2) is 5.84 Å². The third-order valence-corrected chi connectivity index (χ3v) is 3.52. The zero-order chi connectivity index (χ0) is 15.4. The van der Waals surface area contributed by atoms with E-state index in [9.17, 15) is 8.78 Å². The molecule has 1 aromatic carbocycles. The molecule has 1 atom stereocenters. The van der Waals surface area contributed by atoms with Crippen LogP contribution in [-0.4, -0.2) is 36.8 Å². The number of halogens is 2. The number of nitrogens with two attached hydrogens (primary N) is 1. The van der Waals surface area contributed by atoms with E-state index in [1.165, 1.54) is 0 Å². The van der Waals surface area contributed by atoms with Crippen LogP contribution in [0.2, 0.25) is 0 Å². The van der Waals surface area contributed by atoms with Gasteiger partial charge in [-0.2, -0.15) is 0 Å². The molecule has 1 unspecified atom stereocenters. The van der Waals surface area contributed by atoms with Crippen molar-refractivity contribution in [1.29, 1.82) is 0 Å². The van der Waals surface area contributed by atoms with Gasteiger partial charge in [-0.1, -0.05) is 5.16 Å². The molecule has 5 nitrogen and oxygen atoms in total. The second-order valence-electron chi connectivity index (χ2n) is 4.94. The molecule has 1 aliphatic rings. The van der Waals surface area contributed by atoms with E-state index in [2.05, 4.69) is 5.16 Å². The molecule has 0 spiro atoms. The van der Waals surface area contributed by atoms with Crippen molar-refractivity contribution in [2.45, 2.75) is 25.9 Å². The van der Waals surface area contributed by atoms with Gasteiger partial charge in [0.05, 0.1) is 6.10 Å². The molecule has 21 heavy (non-hydrogen) atoms. The number of nitrogens with zero attached hydrogens (tertiary/aromatic N) is 2. The third-order valence-electron chi connectivity index (χ3n) is 3.52. The maximum Gasteiger partial charge on any atom is 0.170 e. The molecule has 0 saturated carbocycles. The van der Waals surface area contributed by atoms with Crippen molar-refractivity contribution in [2.75, 3.05) is 24.6 Å². The first-order chi connectivity index (χ1) is 10.1. The Morgan fingerprint density at radius 3 is 2.71 bits per heavy atom. The fraction of sp³-hybridized carbons (Fsp3) is 0.500. The number of ether oxygens (including phenoxy) is 1. The summed E-state index contributed by atoms with van der Waals surface area (Å²) in [5.74, 6) is -1.78. The van der Waals surface area contributed by atoms with Gasteiger partial charge in [0.2, 0.25) is 0 Å². The Labute approximate surface area is 122 Å². The highest BCUT2D eigenvalue weighted by atomic mass is 19.1. The third kappa shape index (κ3) is 3.41. The normalized spacial score (nSPS) is 19.9. The summed E-state index contributed by atoms with van der Waals surface area (Å²) >= 11 is 0. The molecule has 116 valence electrons. The summed E-state index contributed by atoms with van der Waals surface area (Å²) in [6.07, 6.45) is 1.67. The van der Waals surface area contributed by atoms with Crippen LogP contribution in [-0.2, 0) is 4.74 Å². The second-order valence-corrected chi connectivity index (χ2v) is 4.94. The van der Waals surface area contributed by atoms with E-state index in [1.807, 2.05) is 6.92 Å². The zero-order valence-electron chi connectivity index (χ0n) is 11.9. The highest BCUT2D eigenvalue weighted by Gasteiger charge is 2.25. The average Bonchev–Trinajstić information content (AvgIpc) is 2.46. The van der Waals surface area contributed by atoms with Gasteiger partial charge in [0.25, 0.3) is 0 Å². The van der Waals surface area contributed by atoms with Crippen molar-refractivity contribution in [3.05, 3.63) is 29.3 Å². The van der Waals surface area contributed by atoms with Crippen LogP contribution in [0.1, 0.15) is 25.3 Å². The molecule has 1 aliphatic heterocycles. The smallest absolute Gasteiger partial charge is 0.170 e. The zero-order valence-corrected chi connectivity index (χ0v) is 11.9. The first-order valence-electron chi connectivity index (χ1n) is 6.90. The Kier molecular flexibility index (Phi) is 4.95. The molecule has 0 radical (unpaired) electrons. The Bertz CT molecular complexity index is 512. The highest BCUT2D eigenvalue weighted by Crippen LogP contribution is 2.28. The van der Waals surface area contributed by atoms with Crippen LogP contribution in [0, 0.1) is 11.6 Å². The lowest BCUT2D eigenvalue weighted by molar-refractivity contribution is 0.0524. The van der Waals surface area contributed by atoms with Gasteiger partial charge in [-0.25, -0.2) is 8.78 Å². The number of hydrogen-bond donors (Lipinski definition) is 2. The minimum atomic E-state index is -0.728. The van der Waals surface area contributed by atoms with Crippen LogP contribution in [0.5, 0.6) is 0 Å². The van der Waals surface area contributed by atoms with Crippen LogP contribution < -0.4 is 10.6 Å². The molecule has 0 aromatic heterocycles. The van der Waals surface area contributed by atoms with Gasteiger partial charge in [-0.3, -0.25) is 0 Å². The lowest BCUT2D eigenvalue weighted by Crippen LogP contribution is -2.40. The van der Waals surface area contributed by atoms with Crippen molar-refractivity contribution >= 4 is 11.5 Å². The summed E-state index contributed by atoms with van der Waals surface area (Å²) in [7, 11) is 0. The molecule has 2 rings (SSSR count). The van der Waals surface area contributed by atoms with Crippen molar-refractivity contribution in [1.82, 2.24) is 0 Å². The largest absolute Gasteiger partial charge is 0.409 e. The topological polar surface area (TPSA) is 71.1 Å². The first-order valence-corrected chi connectivity index (χ1v) is 6.90. The molecule has 0 amide bonds. The number of amidine groups is 1. The van der Waals surface area contributed by atoms with E-state index in [0.717, 1.165) is 25.0 Å². The maximum atomic E-state index is 14.2. The standard InChI is InChI=1S/C14H19F2N3O2/c1-2-21-10-4-3-5-19(8-10)13-11(15)6-9(7-12(13)16)14(17)18-20/h6-7,10,20H,2-5,8H2,1H3,(H2,17,18). The van der Waals surface area contributed by atoms with Crippen LogP contribution >= 0.6 is 0 Å². The molecular weight excluding hydrogens is 280 g/mol. The van der Waals surface area contributed by atoms with Gasteiger partial charge in [-0.15, -0.1) is 0 Å². The summed E-state index contributed by atoms with van der Waals surface area (Å²) < 4.78 is 33.9. The number of oxime groups is 1. The summed E-state index contributed by atoms with van der Waals surface area (Å²) in [6, 6.07) is 2.13. The van der Waals surface area contributed by atoms with Crippen LogP contribution in [0.15, 0.2) is 17.3 Å². The Hall–Kier alpha value is -1.89. The minimum Gasteiger partial charge on any atom is -0.409 e. The van der Waals surface area contributed by atoms with Crippen molar-refractivity contribution < 1.29 is 18.7 Å². The van der Waals surface area contributed by atoms with Crippen LogP contribution in [0.4, 0.5) is 14.5 Å². The van der Waals surface area contributed by atoms with E-state index >= 15 is 0 Å². The van der Waals surface area contributed by atoms with E-state index in [1.54, 1.807) is 4.90 Å². The van der Waals surface area contributed by atoms with Gasteiger partial charge in [-0.05, 0) is 31.9 Å². The predicted octanol–water partition coefficient (Wildman–Crippen LogP) is 2.06. The van der Waals surface area contributed by atoms with E-state index in [0.29, 0.717) is 19.7 Å². The quantitative estimate of drug-likeness (QED) is 0.386. The minimum absolute atomic E-state index is 0.00891. The molecule has 1 fully saturated rings. The lowest BCUT2D eigenvalue weighted by Gasteiger charge is -2.34. The van der Waals surface area contributed by atoms with Crippen molar-refractivity contribution in [2.24, 2.45) is 10.9 Å². The summed E-state index contributed by atoms with van der Waals surface area (Å²) in [6.45, 7) is 3.49.